The van der Waals surface area contributed by atoms with Gasteiger partial charge in [-0.05, 0) is 23.8 Å². The zero-order chi connectivity index (χ0) is 13.2. The molecule has 0 saturated heterocycles. The van der Waals surface area contributed by atoms with Crippen LogP contribution < -0.4 is 10.1 Å². The summed E-state index contributed by atoms with van der Waals surface area (Å²) in [5, 5.41) is 3.28. The summed E-state index contributed by atoms with van der Waals surface area (Å²) < 4.78 is 5.17. The maximum absolute atomic E-state index is 12.6. The van der Waals surface area contributed by atoms with Gasteiger partial charge in [-0.15, -0.1) is 0 Å². The van der Waals surface area contributed by atoms with Crippen LogP contribution in [0.1, 0.15) is 21.8 Å². The van der Waals surface area contributed by atoms with Crippen molar-refractivity contribution in [2.24, 2.45) is 0 Å². The minimum Gasteiger partial charge on any atom is -0.497 e. The number of fused-ring (bicyclic) bond motifs is 1. The molecule has 0 saturated carbocycles. The number of para-hydroxylation sites is 1. The molecule has 0 fully saturated rings. The molecule has 0 spiro atoms. The largest absolute Gasteiger partial charge is 0.497 e. The van der Waals surface area contributed by atoms with E-state index in [1.165, 1.54) is 0 Å². The zero-order valence-corrected chi connectivity index (χ0v) is 10.7. The normalized spacial score (nSPS) is 16.6. The Morgan fingerprint density at radius 1 is 1.21 bits per heavy atom. The van der Waals surface area contributed by atoms with Crippen molar-refractivity contribution in [3.8, 4) is 5.75 Å². The smallest absolute Gasteiger partial charge is 0.172 e. The van der Waals surface area contributed by atoms with Crippen molar-refractivity contribution in [2.45, 2.75) is 5.92 Å². The lowest BCUT2D eigenvalue weighted by Gasteiger charge is -2.10. The minimum atomic E-state index is -0.108. The summed E-state index contributed by atoms with van der Waals surface area (Å²) in [7, 11) is 1.61. The first kappa shape index (κ1) is 11.8. The van der Waals surface area contributed by atoms with E-state index >= 15 is 0 Å². The molecular formula is C16H15NO2. The third-order valence-corrected chi connectivity index (χ3v) is 3.50. The molecule has 0 aromatic heterocycles. The molecule has 96 valence electrons. The van der Waals surface area contributed by atoms with Crippen molar-refractivity contribution >= 4 is 11.5 Å². The Morgan fingerprint density at radius 2 is 2.05 bits per heavy atom. The van der Waals surface area contributed by atoms with Gasteiger partial charge >= 0.3 is 0 Å². The predicted octanol–water partition coefficient (Wildman–Crippen LogP) is 3.09. The molecule has 3 heteroatoms. The van der Waals surface area contributed by atoms with E-state index in [-0.39, 0.29) is 11.7 Å². The highest BCUT2D eigenvalue weighted by Gasteiger charge is 2.28. The van der Waals surface area contributed by atoms with Gasteiger partial charge < -0.3 is 10.1 Å². The van der Waals surface area contributed by atoms with Gasteiger partial charge in [0.1, 0.15) is 5.75 Å². The fourth-order valence-corrected chi connectivity index (χ4v) is 2.50. The average molecular weight is 253 g/mol. The van der Waals surface area contributed by atoms with Crippen molar-refractivity contribution in [1.29, 1.82) is 0 Å². The fraction of sp³-hybridized carbons (Fsp3) is 0.188. The summed E-state index contributed by atoms with van der Waals surface area (Å²) in [5.41, 5.74) is 2.84. The van der Waals surface area contributed by atoms with Crippen LogP contribution in [0, 0.1) is 0 Å². The first-order valence-electron chi connectivity index (χ1n) is 6.30. The molecule has 2 aromatic rings. The quantitative estimate of drug-likeness (QED) is 0.854. The second-order valence-electron chi connectivity index (χ2n) is 4.62. The third kappa shape index (κ3) is 2.08. The Kier molecular flexibility index (Phi) is 2.95. The number of carbonyl (C=O) groups is 1. The number of Topliss-reactive ketones (excluding diaryl/α,β-unsaturated/α-hetero) is 1. The number of nitrogens with one attached hydrogen (secondary N) is 1. The molecular weight excluding hydrogens is 238 g/mol. The molecule has 0 amide bonds. The molecule has 1 unspecified atom stereocenters. The van der Waals surface area contributed by atoms with E-state index < -0.39 is 0 Å². The molecule has 3 rings (SSSR count). The van der Waals surface area contributed by atoms with Crippen LogP contribution >= 0.6 is 0 Å². The van der Waals surface area contributed by atoms with Crippen molar-refractivity contribution < 1.29 is 9.53 Å². The number of hydrogen-bond donors (Lipinski definition) is 1. The van der Waals surface area contributed by atoms with E-state index in [1.54, 1.807) is 13.2 Å². The van der Waals surface area contributed by atoms with E-state index in [4.69, 9.17) is 4.74 Å². The summed E-state index contributed by atoms with van der Waals surface area (Å²) in [6.45, 7) is 0.662. The Hall–Kier alpha value is -2.29. The van der Waals surface area contributed by atoms with E-state index in [2.05, 4.69) is 5.32 Å². The van der Waals surface area contributed by atoms with Crippen LogP contribution in [0.25, 0.3) is 0 Å². The zero-order valence-electron chi connectivity index (χ0n) is 10.7. The van der Waals surface area contributed by atoms with Gasteiger partial charge in [-0.1, -0.05) is 30.3 Å². The standard InChI is InChI=1S/C16H15NO2/c1-19-12-6-4-5-11(9-12)16(18)14-10-17-15-8-3-2-7-13(14)15/h2-9,14,17H,10H2,1H3. The molecule has 0 bridgehead atoms. The van der Waals surface area contributed by atoms with Crippen LogP contribution in [0.3, 0.4) is 0 Å². The number of hydrogen-bond acceptors (Lipinski definition) is 3. The van der Waals surface area contributed by atoms with Crippen LogP contribution in [-0.4, -0.2) is 19.4 Å². The van der Waals surface area contributed by atoms with E-state index in [0.717, 1.165) is 11.3 Å². The van der Waals surface area contributed by atoms with Crippen LogP contribution in [-0.2, 0) is 0 Å². The Balaban J connectivity index is 1.93. The van der Waals surface area contributed by atoms with Crippen LogP contribution in [0.2, 0.25) is 0 Å². The topological polar surface area (TPSA) is 38.3 Å². The van der Waals surface area contributed by atoms with Gasteiger partial charge in [0.15, 0.2) is 5.78 Å². The van der Waals surface area contributed by atoms with Gasteiger partial charge in [-0.25, -0.2) is 0 Å². The first-order valence-corrected chi connectivity index (χ1v) is 6.30. The van der Waals surface area contributed by atoms with Crippen molar-refractivity contribution in [3.05, 3.63) is 59.7 Å². The monoisotopic (exact) mass is 253 g/mol. The molecule has 1 heterocycles. The number of methoxy groups -OCH3 is 1. The second-order valence-corrected chi connectivity index (χ2v) is 4.62. The van der Waals surface area contributed by atoms with Gasteiger partial charge in [-0.3, -0.25) is 4.79 Å². The summed E-state index contributed by atoms with van der Waals surface area (Å²) in [6, 6.07) is 15.3. The highest BCUT2D eigenvalue weighted by atomic mass is 16.5. The first-order chi connectivity index (χ1) is 9.29. The lowest BCUT2D eigenvalue weighted by Crippen LogP contribution is -2.14. The summed E-state index contributed by atoms with van der Waals surface area (Å²) >= 11 is 0. The average Bonchev–Trinajstić information content (AvgIpc) is 2.90. The molecule has 1 atom stereocenters. The van der Waals surface area contributed by atoms with Crippen LogP contribution in [0.15, 0.2) is 48.5 Å². The SMILES string of the molecule is COc1cccc(C(=O)C2CNc3ccccc32)c1. The maximum atomic E-state index is 12.6. The van der Waals surface area contributed by atoms with Crippen LogP contribution in [0.5, 0.6) is 5.75 Å². The van der Waals surface area contributed by atoms with Gasteiger partial charge in [-0.2, -0.15) is 0 Å². The Labute approximate surface area is 112 Å². The minimum absolute atomic E-state index is 0.108. The number of rotatable bonds is 3. The van der Waals surface area contributed by atoms with Gasteiger partial charge in [0.05, 0.1) is 13.0 Å². The lowest BCUT2D eigenvalue weighted by molar-refractivity contribution is 0.0966. The second kappa shape index (κ2) is 4.76. The maximum Gasteiger partial charge on any atom is 0.172 e. The highest BCUT2D eigenvalue weighted by molar-refractivity contribution is 6.03. The van der Waals surface area contributed by atoms with Crippen molar-refractivity contribution in [1.82, 2.24) is 0 Å². The van der Waals surface area contributed by atoms with Crippen molar-refractivity contribution in [2.75, 3.05) is 19.0 Å². The summed E-state index contributed by atoms with van der Waals surface area (Å²) in [5.74, 6) is 0.741. The van der Waals surface area contributed by atoms with Gasteiger partial charge in [0.2, 0.25) is 0 Å². The number of carbonyl (C=O) groups excluding carboxylic acids is 1. The van der Waals surface area contributed by atoms with E-state index in [1.807, 2.05) is 42.5 Å². The fourth-order valence-electron chi connectivity index (χ4n) is 2.50. The molecule has 1 N–H and O–H groups in total. The lowest BCUT2D eigenvalue weighted by atomic mass is 9.92. The third-order valence-electron chi connectivity index (χ3n) is 3.50. The Morgan fingerprint density at radius 3 is 2.89 bits per heavy atom. The molecule has 19 heavy (non-hydrogen) atoms. The Bertz CT molecular complexity index is 622. The number of anilines is 1. The molecule has 0 radical (unpaired) electrons. The number of ether oxygens (including phenoxy) is 1. The number of benzene rings is 2. The summed E-state index contributed by atoms with van der Waals surface area (Å²) in [4.78, 5) is 12.6. The van der Waals surface area contributed by atoms with Gasteiger partial charge in [0.25, 0.3) is 0 Å². The summed E-state index contributed by atoms with van der Waals surface area (Å²) in [6.07, 6.45) is 0. The number of ketones is 1. The van der Waals surface area contributed by atoms with E-state index in [9.17, 15) is 4.79 Å². The molecule has 2 aromatic carbocycles. The molecule has 3 nitrogen and oxygen atoms in total. The van der Waals surface area contributed by atoms with E-state index in [0.29, 0.717) is 17.9 Å². The van der Waals surface area contributed by atoms with Crippen molar-refractivity contribution in [3.63, 3.8) is 0 Å². The van der Waals surface area contributed by atoms with Crippen LogP contribution in [0.4, 0.5) is 5.69 Å². The highest BCUT2D eigenvalue weighted by Crippen LogP contribution is 2.33. The predicted molar refractivity (Wildman–Crippen MR) is 75.0 cm³/mol. The molecule has 1 aliphatic heterocycles. The van der Waals surface area contributed by atoms with Gasteiger partial charge in [0, 0.05) is 17.8 Å². The molecule has 0 aliphatic carbocycles. The molecule has 1 aliphatic rings.